The lowest BCUT2D eigenvalue weighted by atomic mass is 9.86. The maximum atomic E-state index is 12.3. The van der Waals surface area contributed by atoms with Gasteiger partial charge in [0.2, 0.25) is 5.91 Å². The van der Waals surface area contributed by atoms with Crippen LogP contribution in [0.25, 0.3) is 22.0 Å². The molecule has 3 nitrogen and oxygen atoms in total. The Bertz CT molecular complexity index is 891. The molecular weight excluding hydrogens is 340 g/mol. The van der Waals surface area contributed by atoms with E-state index in [2.05, 4.69) is 40.6 Å². The first-order valence-electron chi connectivity index (χ1n) is 9.53. The van der Waals surface area contributed by atoms with E-state index in [9.17, 15) is 4.79 Å². The summed E-state index contributed by atoms with van der Waals surface area (Å²) < 4.78 is 0. The Morgan fingerprint density at radius 2 is 1.88 bits per heavy atom. The fraction of sp³-hybridized carbons (Fsp3) is 0.364. The number of hydrogen-bond acceptors (Lipinski definition) is 3. The summed E-state index contributed by atoms with van der Waals surface area (Å²) in [6.07, 6.45) is 8.20. The molecule has 0 radical (unpaired) electrons. The van der Waals surface area contributed by atoms with Crippen LogP contribution in [-0.2, 0) is 4.79 Å². The van der Waals surface area contributed by atoms with Crippen molar-refractivity contribution >= 4 is 33.1 Å². The van der Waals surface area contributed by atoms with Gasteiger partial charge in [0.15, 0.2) is 5.13 Å². The van der Waals surface area contributed by atoms with E-state index in [4.69, 9.17) is 0 Å². The van der Waals surface area contributed by atoms with Gasteiger partial charge in [0.25, 0.3) is 0 Å². The Kier molecular flexibility index (Phi) is 5.30. The van der Waals surface area contributed by atoms with Crippen LogP contribution < -0.4 is 5.32 Å². The molecule has 4 rings (SSSR count). The second-order valence-electron chi connectivity index (χ2n) is 7.16. The number of nitrogens with one attached hydrogen (secondary N) is 1. The summed E-state index contributed by atoms with van der Waals surface area (Å²) in [4.78, 5) is 16.9. The van der Waals surface area contributed by atoms with Gasteiger partial charge in [-0.15, -0.1) is 11.3 Å². The predicted octanol–water partition coefficient (Wildman–Crippen LogP) is 6.26. The standard InChI is InChI=1S/C22H24N2OS/c25-21(14-13-16-7-2-1-3-8-16)24-22-23-20(15-26-22)19-12-6-10-17-9-4-5-11-18(17)19/h4-6,9-12,15-16H,1-3,7-8,13-14H2,(H,23,24,25). The SMILES string of the molecule is O=C(CCC1CCCCC1)Nc1nc(-c2cccc3ccccc23)cs1. The molecule has 134 valence electrons. The van der Waals surface area contributed by atoms with Crippen molar-refractivity contribution in [2.24, 2.45) is 5.92 Å². The largest absolute Gasteiger partial charge is 0.302 e. The highest BCUT2D eigenvalue weighted by molar-refractivity contribution is 7.14. The lowest BCUT2D eigenvalue weighted by Gasteiger charge is -2.20. The molecule has 0 bridgehead atoms. The zero-order valence-corrected chi connectivity index (χ0v) is 15.7. The molecule has 1 aliphatic carbocycles. The van der Waals surface area contributed by atoms with Crippen molar-refractivity contribution in [3.8, 4) is 11.3 Å². The second-order valence-corrected chi connectivity index (χ2v) is 8.01. The number of hydrogen-bond donors (Lipinski definition) is 1. The second kappa shape index (κ2) is 8.00. The van der Waals surface area contributed by atoms with Crippen LogP contribution in [0.1, 0.15) is 44.9 Å². The third-order valence-corrected chi connectivity index (χ3v) is 6.08. The molecule has 26 heavy (non-hydrogen) atoms. The molecule has 1 N–H and O–H groups in total. The van der Waals surface area contributed by atoms with Gasteiger partial charge in [-0.05, 0) is 23.1 Å². The number of carbonyl (C=O) groups excluding carboxylic acids is 1. The van der Waals surface area contributed by atoms with Gasteiger partial charge in [-0.2, -0.15) is 0 Å². The van der Waals surface area contributed by atoms with E-state index in [1.54, 1.807) is 0 Å². The summed E-state index contributed by atoms with van der Waals surface area (Å²) >= 11 is 1.50. The van der Waals surface area contributed by atoms with Gasteiger partial charge < -0.3 is 5.32 Å². The normalized spacial score (nSPS) is 15.2. The van der Waals surface area contributed by atoms with Crippen LogP contribution in [0.15, 0.2) is 47.8 Å². The van der Waals surface area contributed by atoms with Crippen molar-refractivity contribution in [1.82, 2.24) is 4.98 Å². The fourth-order valence-electron chi connectivity index (χ4n) is 3.90. The minimum absolute atomic E-state index is 0.0920. The van der Waals surface area contributed by atoms with E-state index in [0.29, 0.717) is 11.6 Å². The Labute approximate surface area is 158 Å². The van der Waals surface area contributed by atoms with E-state index >= 15 is 0 Å². The number of carbonyl (C=O) groups is 1. The number of aromatic nitrogens is 1. The number of anilines is 1. The number of thiazole rings is 1. The molecule has 1 heterocycles. The van der Waals surface area contributed by atoms with Crippen molar-refractivity contribution < 1.29 is 4.79 Å². The summed E-state index contributed by atoms with van der Waals surface area (Å²) in [5.41, 5.74) is 2.04. The molecule has 1 aromatic heterocycles. The molecule has 1 fully saturated rings. The third kappa shape index (κ3) is 3.96. The summed E-state index contributed by atoms with van der Waals surface area (Å²) in [6.45, 7) is 0. The van der Waals surface area contributed by atoms with Crippen LogP contribution in [0.2, 0.25) is 0 Å². The van der Waals surface area contributed by atoms with E-state index < -0.39 is 0 Å². The van der Waals surface area contributed by atoms with Gasteiger partial charge >= 0.3 is 0 Å². The maximum Gasteiger partial charge on any atom is 0.226 e. The monoisotopic (exact) mass is 364 g/mol. The zero-order chi connectivity index (χ0) is 17.8. The average Bonchev–Trinajstić information content (AvgIpc) is 3.15. The Balaban J connectivity index is 1.42. The van der Waals surface area contributed by atoms with Crippen molar-refractivity contribution in [2.45, 2.75) is 44.9 Å². The van der Waals surface area contributed by atoms with Crippen LogP contribution in [0.4, 0.5) is 5.13 Å². The molecule has 0 unspecified atom stereocenters. The smallest absolute Gasteiger partial charge is 0.226 e. The van der Waals surface area contributed by atoms with Crippen LogP contribution in [0.5, 0.6) is 0 Å². The fourth-order valence-corrected chi connectivity index (χ4v) is 4.62. The van der Waals surface area contributed by atoms with Crippen LogP contribution >= 0.6 is 11.3 Å². The molecule has 1 aliphatic rings. The first-order valence-corrected chi connectivity index (χ1v) is 10.4. The summed E-state index contributed by atoms with van der Waals surface area (Å²) in [5, 5.41) is 8.11. The highest BCUT2D eigenvalue weighted by Gasteiger charge is 2.16. The molecule has 0 atom stereocenters. The molecule has 0 aliphatic heterocycles. The molecule has 0 saturated heterocycles. The first-order chi connectivity index (χ1) is 12.8. The van der Waals surface area contributed by atoms with E-state index in [1.165, 1.54) is 54.2 Å². The van der Waals surface area contributed by atoms with Crippen molar-refractivity contribution in [2.75, 3.05) is 5.32 Å². The third-order valence-electron chi connectivity index (χ3n) is 5.32. The molecule has 2 aromatic carbocycles. The van der Waals surface area contributed by atoms with Crippen molar-refractivity contribution in [3.63, 3.8) is 0 Å². The van der Waals surface area contributed by atoms with Crippen LogP contribution in [0, 0.1) is 5.92 Å². The first kappa shape index (κ1) is 17.2. The summed E-state index contributed by atoms with van der Waals surface area (Å²) in [5.74, 6) is 0.825. The Hall–Kier alpha value is -2.20. The van der Waals surface area contributed by atoms with Gasteiger partial charge in [0.1, 0.15) is 0 Å². The van der Waals surface area contributed by atoms with Crippen molar-refractivity contribution in [1.29, 1.82) is 0 Å². The lowest BCUT2D eigenvalue weighted by molar-refractivity contribution is -0.116. The van der Waals surface area contributed by atoms with E-state index in [1.807, 2.05) is 17.5 Å². The highest BCUT2D eigenvalue weighted by atomic mass is 32.1. The van der Waals surface area contributed by atoms with Crippen LogP contribution in [0.3, 0.4) is 0 Å². The topological polar surface area (TPSA) is 42.0 Å². The zero-order valence-electron chi connectivity index (χ0n) is 14.9. The minimum Gasteiger partial charge on any atom is -0.302 e. The maximum absolute atomic E-state index is 12.3. The van der Waals surface area contributed by atoms with Gasteiger partial charge in [0.05, 0.1) is 5.69 Å². The number of fused-ring (bicyclic) bond motifs is 1. The molecule has 0 spiro atoms. The lowest BCUT2D eigenvalue weighted by Crippen LogP contribution is -2.14. The average molecular weight is 365 g/mol. The van der Waals surface area contributed by atoms with E-state index in [-0.39, 0.29) is 5.91 Å². The number of rotatable bonds is 5. The molecular formula is C22H24N2OS. The summed E-state index contributed by atoms with van der Waals surface area (Å²) in [6, 6.07) is 14.6. The minimum atomic E-state index is 0.0920. The number of nitrogens with zero attached hydrogens (tertiary/aromatic N) is 1. The number of amides is 1. The Morgan fingerprint density at radius 1 is 1.08 bits per heavy atom. The van der Waals surface area contributed by atoms with E-state index in [0.717, 1.165) is 23.6 Å². The highest BCUT2D eigenvalue weighted by Crippen LogP contribution is 2.31. The molecule has 3 aromatic rings. The Morgan fingerprint density at radius 3 is 2.77 bits per heavy atom. The van der Waals surface area contributed by atoms with Gasteiger partial charge in [-0.1, -0.05) is 74.6 Å². The predicted molar refractivity (Wildman–Crippen MR) is 109 cm³/mol. The summed E-state index contributed by atoms with van der Waals surface area (Å²) in [7, 11) is 0. The van der Waals surface area contributed by atoms with Gasteiger partial charge in [-0.3, -0.25) is 4.79 Å². The van der Waals surface area contributed by atoms with Gasteiger partial charge in [-0.25, -0.2) is 4.98 Å². The molecule has 1 saturated carbocycles. The van der Waals surface area contributed by atoms with Gasteiger partial charge in [0, 0.05) is 17.4 Å². The molecule has 1 amide bonds. The van der Waals surface area contributed by atoms with Crippen molar-refractivity contribution in [3.05, 3.63) is 47.8 Å². The number of benzene rings is 2. The molecule has 4 heteroatoms. The van der Waals surface area contributed by atoms with Crippen LogP contribution in [-0.4, -0.2) is 10.9 Å². The quantitative estimate of drug-likeness (QED) is 0.580.